The van der Waals surface area contributed by atoms with E-state index in [-0.39, 0.29) is 17.7 Å². The van der Waals surface area contributed by atoms with Crippen LogP contribution < -0.4 is 0 Å². The van der Waals surface area contributed by atoms with E-state index in [0.29, 0.717) is 11.6 Å². The number of hydrogen-bond donors (Lipinski definition) is 0. The first-order chi connectivity index (χ1) is 14.1. The predicted octanol–water partition coefficient (Wildman–Crippen LogP) is 5.84. The van der Waals surface area contributed by atoms with E-state index in [9.17, 15) is 4.79 Å². The Labute approximate surface area is 176 Å². The normalized spacial score (nSPS) is 16.4. The Bertz CT molecular complexity index is 1230. The van der Waals surface area contributed by atoms with Gasteiger partial charge in [0.05, 0.1) is 28.4 Å². The molecular formula is C22H16ClN3O2S. The number of aromatic nitrogens is 1. The molecule has 1 atom stereocenters. The molecule has 1 aromatic carbocycles. The molecule has 5 nitrogen and oxygen atoms in total. The molecule has 0 saturated carbocycles. The van der Waals surface area contributed by atoms with Crippen LogP contribution in [0.2, 0.25) is 5.15 Å². The SMILES string of the molecule is Cc1ccc2nc(Cl)c([C@H]3CC(c4cccs4)=NN3C(=O)c3ccco3)cc2c1. The van der Waals surface area contributed by atoms with E-state index in [1.54, 1.807) is 23.5 Å². The summed E-state index contributed by atoms with van der Waals surface area (Å²) in [4.78, 5) is 18.7. The minimum atomic E-state index is -0.352. The van der Waals surface area contributed by atoms with Crippen LogP contribution in [-0.4, -0.2) is 21.6 Å². The van der Waals surface area contributed by atoms with E-state index >= 15 is 0 Å². The molecule has 0 aliphatic carbocycles. The van der Waals surface area contributed by atoms with Gasteiger partial charge in [0.2, 0.25) is 0 Å². The number of aryl methyl sites for hydroxylation is 1. The highest BCUT2D eigenvalue weighted by Crippen LogP contribution is 2.38. The van der Waals surface area contributed by atoms with Crippen LogP contribution in [-0.2, 0) is 0 Å². The monoisotopic (exact) mass is 421 g/mol. The van der Waals surface area contributed by atoms with Crippen molar-refractivity contribution >= 4 is 45.5 Å². The fraction of sp³-hybridized carbons (Fsp3) is 0.136. The molecule has 0 fully saturated rings. The van der Waals surface area contributed by atoms with Gasteiger partial charge in [0, 0.05) is 17.4 Å². The van der Waals surface area contributed by atoms with Crippen molar-refractivity contribution < 1.29 is 9.21 Å². The summed E-state index contributed by atoms with van der Waals surface area (Å²) in [6, 6.07) is 15.0. The van der Waals surface area contributed by atoms with Crippen LogP contribution in [0.1, 0.15) is 39.0 Å². The highest BCUT2D eigenvalue weighted by Gasteiger charge is 2.36. The highest BCUT2D eigenvalue weighted by atomic mass is 35.5. The van der Waals surface area contributed by atoms with Gasteiger partial charge in [-0.25, -0.2) is 9.99 Å². The molecule has 144 valence electrons. The quantitative estimate of drug-likeness (QED) is 0.390. The summed E-state index contributed by atoms with van der Waals surface area (Å²) >= 11 is 8.17. The van der Waals surface area contributed by atoms with Crippen LogP contribution in [0.25, 0.3) is 10.9 Å². The van der Waals surface area contributed by atoms with Gasteiger partial charge < -0.3 is 4.42 Å². The molecule has 1 aliphatic heterocycles. The maximum atomic E-state index is 13.1. The maximum absolute atomic E-state index is 13.1. The Morgan fingerprint density at radius 1 is 1.24 bits per heavy atom. The molecule has 29 heavy (non-hydrogen) atoms. The first kappa shape index (κ1) is 18.1. The summed E-state index contributed by atoms with van der Waals surface area (Å²) in [5, 5.41) is 9.48. The number of nitrogens with zero attached hydrogens (tertiary/aromatic N) is 3. The average Bonchev–Trinajstić information content (AvgIpc) is 3.48. The third kappa shape index (κ3) is 3.24. The van der Waals surface area contributed by atoms with Crippen molar-refractivity contribution in [1.29, 1.82) is 0 Å². The van der Waals surface area contributed by atoms with Crippen molar-refractivity contribution in [2.75, 3.05) is 0 Å². The van der Waals surface area contributed by atoms with Crippen LogP contribution in [0.15, 0.2) is 69.7 Å². The minimum Gasteiger partial charge on any atom is -0.459 e. The highest BCUT2D eigenvalue weighted by molar-refractivity contribution is 7.12. The number of amides is 1. The number of thiophene rings is 1. The molecule has 7 heteroatoms. The van der Waals surface area contributed by atoms with Gasteiger partial charge in [-0.1, -0.05) is 29.3 Å². The zero-order chi connectivity index (χ0) is 20.0. The number of pyridine rings is 1. The molecule has 3 aromatic heterocycles. The Balaban J connectivity index is 1.61. The van der Waals surface area contributed by atoms with Crippen molar-refractivity contribution in [3.63, 3.8) is 0 Å². The lowest BCUT2D eigenvalue weighted by Gasteiger charge is -2.22. The third-order valence-corrected chi connectivity index (χ3v) is 6.19. The van der Waals surface area contributed by atoms with Crippen LogP contribution in [0, 0.1) is 6.92 Å². The smallest absolute Gasteiger partial charge is 0.310 e. The molecule has 0 spiro atoms. The summed E-state index contributed by atoms with van der Waals surface area (Å²) in [6.07, 6.45) is 2.04. The van der Waals surface area contributed by atoms with Crippen molar-refractivity contribution in [1.82, 2.24) is 9.99 Å². The lowest BCUT2D eigenvalue weighted by molar-refractivity contribution is 0.0678. The number of hydrazone groups is 1. The number of furan rings is 1. The maximum Gasteiger partial charge on any atom is 0.310 e. The van der Waals surface area contributed by atoms with Gasteiger partial charge in [0.1, 0.15) is 5.15 Å². The summed E-state index contributed by atoms with van der Waals surface area (Å²) in [7, 11) is 0. The van der Waals surface area contributed by atoms with Gasteiger partial charge >= 0.3 is 5.91 Å². The second kappa shape index (κ2) is 7.13. The number of benzene rings is 1. The standard InChI is InChI=1S/C22H16ClN3O2S/c1-13-6-7-16-14(10-13)11-15(21(23)24-16)18-12-17(20-5-3-9-29-20)25-26(18)22(27)19-4-2-8-28-19/h2-11,18H,12H2,1H3/t18-/m1/s1. The number of rotatable bonds is 3. The van der Waals surface area contributed by atoms with Gasteiger partial charge in [-0.05, 0) is 48.7 Å². The molecule has 0 unspecified atom stereocenters. The van der Waals surface area contributed by atoms with Crippen LogP contribution in [0.3, 0.4) is 0 Å². The zero-order valence-electron chi connectivity index (χ0n) is 15.5. The van der Waals surface area contributed by atoms with E-state index in [1.165, 1.54) is 11.3 Å². The second-order valence-corrected chi connectivity index (χ2v) is 8.24. The molecule has 1 amide bonds. The fourth-order valence-corrected chi connectivity index (χ4v) is 4.56. The van der Waals surface area contributed by atoms with E-state index in [0.717, 1.165) is 32.6 Å². The molecule has 5 rings (SSSR count). The summed E-state index contributed by atoms with van der Waals surface area (Å²) < 4.78 is 5.33. The first-order valence-corrected chi connectivity index (χ1v) is 10.4. The van der Waals surface area contributed by atoms with Gasteiger partial charge in [-0.2, -0.15) is 5.10 Å². The third-order valence-electron chi connectivity index (χ3n) is 4.97. The molecule has 0 saturated heterocycles. The summed E-state index contributed by atoms with van der Waals surface area (Å²) in [5.41, 5.74) is 3.59. The largest absolute Gasteiger partial charge is 0.459 e. The molecule has 0 radical (unpaired) electrons. The number of fused-ring (bicyclic) bond motifs is 1. The van der Waals surface area contributed by atoms with Crippen molar-refractivity contribution in [2.24, 2.45) is 5.10 Å². The Morgan fingerprint density at radius 2 is 2.14 bits per heavy atom. The van der Waals surface area contributed by atoms with Crippen LogP contribution >= 0.6 is 22.9 Å². The van der Waals surface area contributed by atoms with E-state index in [2.05, 4.69) is 16.2 Å². The molecule has 1 aliphatic rings. The van der Waals surface area contributed by atoms with E-state index in [4.69, 9.17) is 16.0 Å². The lowest BCUT2D eigenvalue weighted by Crippen LogP contribution is -2.27. The van der Waals surface area contributed by atoms with Gasteiger partial charge in [0.15, 0.2) is 5.76 Å². The molecule has 4 aromatic rings. The first-order valence-electron chi connectivity index (χ1n) is 9.15. The van der Waals surface area contributed by atoms with E-state index in [1.807, 2.05) is 42.6 Å². The molecule has 0 N–H and O–H groups in total. The van der Waals surface area contributed by atoms with E-state index < -0.39 is 0 Å². The van der Waals surface area contributed by atoms with Gasteiger partial charge in [0.25, 0.3) is 0 Å². The number of carbonyl (C=O) groups excluding carboxylic acids is 1. The predicted molar refractivity (Wildman–Crippen MR) is 115 cm³/mol. The summed E-state index contributed by atoms with van der Waals surface area (Å²) in [6.45, 7) is 2.04. The van der Waals surface area contributed by atoms with Crippen molar-refractivity contribution in [3.8, 4) is 0 Å². The second-order valence-electron chi connectivity index (χ2n) is 6.94. The summed E-state index contributed by atoms with van der Waals surface area (Å²) in [5.74, 6) is -0.0566. The van der Waals surface area contributed by atoms with Crippen molar-refractivity contribution in [2.45, 2.75) is 19.4 Å². The Kier molecular flexibility index (Phi) is 4.45. The van der Waals surface area contributed by atoms with Gasteiger partial charge in [-0.15, -0.1) is 11.3 Å². The average molecular weight is 422 g/mol. The lowest BCUT2D eigenvalue weighted by atomic mass is 10.0. The number of carbonyl (C=O) groups is 1. The molecule has 4 heterocycles. The van der Waals surface area contributed by atoms with Crippen molar-refractivity contribution in [3.05, 3.63) is 87.1 Å². The van der Waals surface area contributed by atoms with Gasteiger partial charge in [-0.3, -0.25) is 4.79 Å². The topological polar surface area (TPSA) is 58.7 Å². The Morgan fingerprint density at radius 3 is 2.90 bits per heavy atom. The molecular weight excluding hydrogens is 406 g/mol. The zero-order valence-corrected chi connectivity index (χ0v) is 17.1. The fourth-order valence-electron chi connectivity index (χ4n) is 3.57. The van der Waals surface area contributed by atoms with Crippen LogP contribution in [0.5, 0.6) is 0 Å². The number of halogens is 1. The van der Waals surface area contributed by atoms with Crippen LogP contribution in [0.4, 0.5) is 0 Å². The molecule has 0 bridgehead atoms. The number of hydrogen-bond acceptors (Lipinski definition) is 5. The Hall–Kier alpha value is -2.96. The minimum absolute atomic E-state index is 0.242.